The van der Waals surface area contributed by atoms with Gasteiger partial charge in [-0.1, -0.05) is 18.2 Å². The molecule has 0 radical (unpaired) electrons. The standard InChI is InChI=1S/C30H27N5O5/c31-28(33-37)20-7-11-23(12-8-20)39-25-16-22(30(36)35-15-3-5-19-4-1-2-6-27(19)35)17-26(18-25)40-24-13-9-21(10-14-24)29(32)34-38/h1-2,4,6-14,16-18,37-38H,3,5,15H2,(H2,31,33)(H2,32,34). The maximum absolute atomic E-state index is 13.8. The lowest BCUT2D eigenvalue weighted by atomic mass is 10.0. The van der Waals surface area contributed by atoms with E-state index in [0.717, 1.165) is 24.1 Å². The van der Waals surface area contributed by atoms with E-state index in [1.54, 1.807) is 71.6 Å². The third-order valence-electron chi connectivity index (χ3n) is 6.46. The van der Waals surface area contributed by atoms with Crippen LogP contribution in [-0.2, 0) is 6.42 Å². The van der Waals surface area contributed by atoms with Gasteiger partial charge >= 0.3 is 0 Å². The van der Waals surface area contributed by atoms with Gasteiger partial charge in [-0.3, -0.25) is 37.0 Å². The summed E-state index contributed by atoms with van der Waals surface area (Å²) >= 11 is 0. The van der Waals surface area contributed by atoms with Crippen molar-refractivity contribution in [2.75, 3.05) is 11.4 Å². The molecule has 0 saturated heterocycles. The van der Waals surface area contributed by atoms with Crippen LogP contribution in [0.25, 0.3) is 0 Å². The normalized spacial score (nSPS) is 12.2. The first-order valence-electron chi connectivity index (χ1n) is 12.5. The Morgan fingerprint density at radius 1 is 0.700 bits per heavy atom. The van der Waals surface area contributed by atoms with E-state index in [-0.39, 0.29) is 17.6 Å². The van der Waals surface area contributed by atoms with Crippen molar-refractivity contribution < 1.29 is 24.7 Å². The van der Waals surface area contributed by atoms with Gasteiger partial charge in [0.25, 0.3) is 5.91 Å². The number of aryl methyl sites for hydroxylation is 1. The summed E-state index contributed by atoms with van der Waals surface area (Å²) in [6, 6.07) is 26.0. The molecule has 1 heterocycles. The minimum absolute atomic E-state index is 0.146. The Labute approximate surface area is 230 Å². The molecule has 10 nitrogen and oxygen atoms in total. The smallest absolute Gasteiger partial charge is 0.258 e. The number of hydrogen-bond donors (Lipinski definition) is 6. The van der Waals surface area contributed by atoms with Gasteiger partial charge in [0.1, 0.15) is 34.7 Å². The van der Waals surface area contributed by atoms with Crippen molar-refractivity contribution in [2.24, 2.45) is 0 Å². The fourth-order valence-corrected chi connectivity index (χ4v) is 4.49. The number of anilines is 1. The first kappa shape index (κ1) is 26.4. The number of fused-ring (bicyclic) bond motifs is 1. The number of para-hydroxylation sites is 1. The number of nitrogens with zero attached hydrogens (tertiary/aromatic N) is 1. The zero-order valence-electron chi connectivity index (χ0n) is 21.3. The molecule has 0 bridgehead atoms. The number of hydrogen-bond acceptors (Lipinski definition) is 7. The average molecular weight is 538 g/mol. The van der Waals surface area contributed by atoms with Crippen molar-refractivity contribution in [3.05, 3.63) is 113 Å². The topological polar surface area (TPSA) is 151 Å². The van der Waals surface area contributed by atoms with Gasteiger partial charge < -0.3 is 14.4 Å². The van der Waals surface area contributed by atoms with Crippen LogP contribution in [-0.4, -0.2) is 34.5 Å². The van der Waals surface area contributed by atoms with E-state index in [0.29, 0.717) is 46.2 Å². The van der Waals surface area contributed by atoms with E-state index in [1.807, 2.05) is 35.2 Å². The number of carbonyl (C=O) groups excluding carboxylic acids is 1. The van der Waals surface area contributed by atoms with Crippen molar-refractivity contribution in [2.45, 2.75) is 12.8 Å². The Morgan fingerprint density at radius 2 is 1.23 bits per heavy atom. The van der Waals surface area contributed by atoms with Gasteiger partial charge in [0, 0.05) is 35.0 Å². The number of nitrogens with one attached hydrogen (secondary N) is 4. The second kappa shape index (κ2) is 11.7. The highest BCUT2D eigenvalue weighted by Gasteiger charge is 2.24. The molecule has 0 fully saturated rings. The van der Waals surface area contributed by atoms with Crippen LogP contribution in [0.4, 0.5) is 5.69 Å². The van der Waals surface area contributed by atoms with Crippen LogP contribution >= 0.6 is 0 Å². The third-order valence-corrected chi connectivity index (χ3v) is 6.46. The lowest BCUT2D eigenvalue weighted by molar-refractivity contribution is 0.0984. The van der Waals surface area contributed by atoms with Crippen LogP contribution in [0.15, 0.2) is 91.0 Å². The molecule has 0 aromatic heterocycles. The Bertz CT molecular complexity index is 1470. The molecule has 0 saturated carbocycles. The van der Waals surface area contributed by atoms with Crippen LogP contribution in [0.1, 0.15) is 33.5 Å². The number of amides is 1. The monoisotopic (exact) mass is 537 g/mol. The van der Waals surface area contributed by atoms with E-state index in [9.17, 15) is 4.79 Å². The molecular weight excluding hydrogens is 510 g/mol. The van der Waals surface area contributed by atoms with Crippen LogP contribution in [0.2, 0.25) is 0 Å². The SMILES string of the molecule is N=C(NO)c1ccc(Oc2cc(Oc3ccc(C(=N)NO)cc3)cc(C(=O)N3CCCc4ccccc43)c2)cc1. The molecule has 4 aromatic rings. The quantitative estimate of drug-likeness (QED) is 0.104. The van der Waals surface area contributed by atoms with E-state index in [4.69, 9.17) is 30.7 Å². The van der Waals surface area contributed by atoms with E-state index < -0.39 is 0 Å². The first-order chi connectivity index (χ1) is 19.4. The lowest BCUT2D eigenvalue weighted by Crippen LogP contribution is -2.35. The Morgan fingerprint density at radius 3 is 1.75 bits per heavy atom. The maximum Gasteiger partial charge on any atom is 0.258 e. The van der Waals surface area contributed by atoms with Crippen LogP contribution in [0.5, 0.6) is 23.0 Å². The number of amidine groups is 2. The molecular formula is C30H27N5O5. The number of rotatable bonds is 7. The fraction of sp³-hybridized carbons (Fsp3) is 0.100. The van der Waals surface area contributed by atoms with E-state index in [1.165, 1.54) is 0 Å². The summed E-state index contributed by atoms with van der Waals surface area (Å²) in [4.78, 5) is 15.6. The molecule has 0 unspecified atom stereocenters. The maximum atomic E-state index is 13.8. The highest BCUT2D eigenvalue weighted by Crippen LogP contribution is 2.33. The largest absolute Gasteiger partial charge is 0.457 e. The minimum atomic E-state index is -0.182. The van der Waals surface area contributed by atoms with Gasteiger partial charge in [-0.05, 0) is 85.1 Å². The van der Waals surface area contributed by atoms with Crippen LogP contribution < -0.4 is 25.3 Å². The van der Waals surface area contributed by atoms with Crippen molar-refractivity contribution >= 4 is 23.3 Å². The second-order valence-electron chi connectivity index (χ2n) is 9.11. The van der Waals surface area contributed by atoms with Crippen molar-refractivity contribution in [3.63, 3.8) is 0 Å². The number of ether oxygens (including phenoxy) is 2. The lowest BCUT2D eigenvalue weighted by Gasteiger charge is -2.29. The molecule has 6 N–H and O–H groups in total. The van der Waals surface area contributed by atoms with Gasteiger partial charge in [0.2, 0.25) is 0 Å². The molecule has 0 spiro atoms. The summed E-state index contributed by atoms with van der Waals surface area (Å²) in [6.45, 7) is 0.593. The number of carbonyl (C=O) groups is 1. The predicted octanol–water partition coefficient (Wildman–Crippen LogP) is 5.47. The van der Waals surface area contributed by atoms with Crippen LogP contribution in [0.3, 0.4) is 0 Å². The molecule has 4 aromatic carbocycles. The van der Waals surface area contributed by atoms with Gasteiger partial charge in [0.05, 0.1) is 0 Å². The van der Waals surface area contributed by atoms with Gasteiger partial charge in [-0.2, -0.15) is 0 Å². The van der Waals surface area contributed by atoms with Gasteiger partial charge in [-0.15, -0.1) is 0 Å². The Kier molecular flexibility index (Phi) is 7.72. The highest BCUT2D eigenvalue weighted by molar-refractivity contribution is 6.07. The number of hydroxylamine groups is 2. The molecule has 202 valence electrons. The molecule has 1 aliphatic rings. The molecule has 5 rings (SSSR count). The van der Waals surface area contributed by atoms with E-state index in [2.05, 4.69) is 0 Å². The Hall–Kier alpha value is -5.19. The molecule has 40 heavy (non-hydrogen) atoms. The molecule has 0 atom stereocenters. The summed E-state index contributed by atoms with van der Waals surface area (Å²) in [7, 11) is 0. The summed E-state index contributed by atoms with van der Waals surface area (Å²) < 4.78 is 12.1. The summed E-state index contributed by atoms with van der Waals surface area (Å²) in [5, 5.41) is 33.3. The summed E-state index contributed by atoms with van der Waals surface area (Å²) in [6.07, 6.45) is 1.77. The van der Waals surface area contributed by atoms with E-state index >= 15 is 0 Å². The number of benzene rings is 4. The molecule has 1 amide bonds. The first-order valence-corrected chi connectivity index (χ1v) is 12.5. The summed E-state index contributed by atoms with van der Waals surface area (Å²) in [5.74, 6) is 1.20. The summed E-state index contributed by atoms with van der Waals surface area (Å²) in [5.41, 5.74) is 6.95. The zero-order valence-corrected chi connectivity index (χ0v) is 21.3. The minimum Gasteiger partial charge on any atom is -0.457 e. The molecule has 10 heteroatoms. The predicted molar refractivity (Wildman–Crippen MR) is 149 cm³/mol. The average Bonchev–Trinajstić information content (AvgIpc) is 3.00. The molecule has 0 aliphatic carbocycles. The van der Waals surface area contributed by atoms with Crippen molar-refractivity contribution in [1.82, 2.24) is 11.0 Å². The van der Waals surface area contributed by atoms with Gasteiger partial charge in [0.15, 0.2) is 0 Å². The second-order valence-corrected chi connectivity index (χ2v) is 9.11. The Balaban J connectivity index is 1.47. The third kappa shape index (κ3) is 5.78. The van der Waals surface area contributed by atoms with Crippen LogP contribution in [0, 0.1) is 10.8 Å². The van der Waals surface area contributed by atoms with Gasteiger partial charge in [-0.25, -0.2) is 0 Å². The zero-order chi connectivity index (χ0) is 28.1. The fourth-order valence-electron chi connectivity index (χ4n) is 4.49. The highest BCUT2D eigenvalue weighted by atomic mass is 16.5. The van der Waals surface area contributed by atoms with Crippen molar-refractivity contribution in [3.8, 4) is 23.0 Å². The van der Waals surface area contributed by atoms with Crippen molar-refractivity contribution in [1.29, 1.82) is 10.8 Å². The molecule has 1 aliphatic heterocycles.